The molecule has 1 aromatic carbocycles. The molecule has 1 aromatic rings. The van der Waals surface area contributed by atoms with E-state index in [4.69, 9.17) is 16.3 Å². The third-order valence-corrected chi connectivity index (χ3v) is 3.58. The number of anilines is 1. The summed E-state index contributed by atoms with van der Waals surface area (Å²) in [6.07, 6.45) is 0.410. The summed E-state index contributed by atoms with van der Waals surface area (Å²) in [6.45, 7) is 0.517. The van der Waals surface area contributed by atoms with Gasteiger partial charge in [-0.05, 0) is 18.2 Å². The number of amides is 1. The van der Waals surface area contributed by atoms with Crippen molar-refractivity contribution in [3.05, 3.63) is 28.8 Å². The maximum absolute atomic E-state index is 11.9. The third kappa shape index (κ3) is 2.52. The number of rotatable bonds is 2. The van der Waals surface area contributed by atoms with Crippen LogP contribution in [0.5, 0.6) is 0 Å². The Labute approximate surface area is 118 Å². The molecule has 2 rings (SSSR count). The number of methoxy groups -OCH3 is 1. The van der Waals surface area contributed by atoms with Gasteiger partial charge in [0, 0.05) is 22.8 Å². The van der Waals surface area contributed by atoms with E-state index in [0.29, 0.717) is 29.2 Å². The van der Waals surface area contributed by atoms with Gasteiger partial charge in [0.2, 0.25) is 5.91 Å². The lowest BCUT2D eigenvalue weighted by Crippen LogP contribution is -2.26. The predicted octanol–water partition coefficient (Wildman–Crippen LogP) is 2.63. The first-order valence-electron chi connectivity index (χ1n) is 5.35. The maximum atomic E-state index is 11.9. The molecule has 6 heteroatoms. The smallest absolute Gasteiger partial charge is 0.339 e. The van der Waals surface area contributed by atoms with Gasteiger partial charge < -0.3 is 9.64 Å². The molecule has 0 aromatic heterocycles. The minimum absolute atomic E-state index is 0.0377. The summed E-state index contributed by atoms with van der Waals surface area (Å²) in [6, 6.07) is 4.78. The second kappa shape index (κ2) is 5.28. The molecule has 0 aliphatic carbocycles. The summed E-state index contributed by atoms with van der Waals surface area (Å²) in [5, 5.41) is 0.475. The van der Waals surface area contributed by atoms with Gasteiger partial charge in [-0.25, -0.2) is 4.79 Å². The number of carbonyl (C=O) groups excluding carboxylic acids is 2. The normalized spacial score (nSPS) is 19.2. The molecule has 18 heavy (non-hydrogen) atoms. The van der Waals surface area contributed by atoms with Crippen molar-refractivity contribution in [3.8, 4) is 0 Å². The Morgan fingerprint density at radius 1 is 1.56 bits per heavy atom. The average molecular weight is 333 g/mol. The third-order valence-electron chi connectivity index (χ3n) is 2.73. The first-order chi connectivity index (χ1) is 8.52. The Morgan fingerprint density at radius 3 is 2.83 bits per heavy atom. The Balaban J connectivity index is 2.45. The number of ether oxygens (including phenoxy) is 1. The van der Waals surface area contributed by atoms with Crippen LogP contribution >= 0.6 is 27.5 Å². The van der Waals surface area contributed by atoms with Crippen LogP contribution in [-0.4, -0.2) is 30.4 Å². The predicted molar refractivity (Wildman–Crippen MR) is 72.5 cm³/mol. The molecule has 0 spiro atoms. The molecule has 0 radical (unpaired) electrons. The van der Waals surface area contributed by atoms with Gasteiger partial charge in [0.1, 0.15) is 0 Å². The lowest BCUT2D eigenvalue weighted by atomic mass is 10.1. The first kappa shape index (κ1) is 13.4. The molecule has 1 fully saturated rings. The van der Waals surface area contributed by atoms with Gasteiger partial charge >= 0.3 is 5.97 Å². The van der Waals surface area contributed by atoms with Crippen LogP contribution in [0.25, 0.3) is 0 Å². The Hall–Kier alpha value is -1.07. The molecule has 1 aliphatic heterocycles. The lowest BCUT2D eigenvalue weighted by molar-refractivity contribution is -0.117. The van der Waals surface area contributed by atoms with Crippen molar-refractivity contribution in [2.24, 2.45) is 0 Å². The van der Waals surface area contributed by atoms with Crippen molar-refractivity contribution in [2.45, 2.75) is 11.2 Å². The molecule has 1 saturated heterocycles. The molecule has 96 valence electrons. The number of esters is 1. The van der Waals surface area contributed by atoms with Gasteiger partial charge in [-0.1, -0.05) is 27.5 Å². The van der Waals surface area contributed by atoms with E-state index < -0.39 is 5.97 Å². The molecule has 1 unspecified atom stereocenters. The molecule has 1 amide bonds. The summed E-state index contributed by atoms with van der Waals surface area (Å²) in [7, 11) is 1.31. The molecule has 0 N–H and O–H groups in total. The largest absolute Gasteiger partial charge is 0.465 e. The van der Waals surface area contributed by atoms with E-state index in [0.717, 1.165) is 0 Å². The zero-order valence-electron chi connectivity index (χ0n) is 9.65. The highest BCUT2D eigenvalue weighted by Crippen LogP contribution is 2.30. The summed E-state index contributed by atoms with van der Waals surface area (Å²) >= 11 is 9.33. The zero-order chi connectivity index (χ0) is 13.3. The van der Waals surface area contributed by atoms with Gasteiger partial charge in [-0.3, -0.25) is 4.79 Å². The Kier molecular flexibility index (Phi) is 3.92. The number of nitrogens with zero attached hydrogens (tertiary/aromatic N) is 1. The molecular weight excluding hydrogens is 321 g/mol. The van der Waals surface area contributed by atoms with Crippen molar-refractivity contribution in [3.63, 3.8) is 0 Å². The van der Waals surface area contributed by atoms with Gasteiger partial charge in [-0.15, -0.1) is 0 Å². The highest BCUT2D eigenvalue weighted by molar-refractivity contribution is 9.09. The summed E-state index contributed by atoms with van der Waals surface area (Å²) in [5.41, 5.74) is 0.846. The van der Waals surface area contributed by atoms with Crippen molar-refractivity contribution in [1.29, 1.82) is 0 Å². The summed E-state index contributed by atoms with van der Waals surface area (Å²) in [5.74, 6) is -0.517. The first-order valence-corrected chi connectivity index (χ1v) is 6.64. The van der Waals surface area contributed by atoms with Gasteiger partial charge in [0.05, 0.1) is 18.4 Å². The highest BCUT2D eigenvalue weighted by Gasteiger charge is 2.31. The number of halogens is 2. The molecule has 1 aliphatic rings. The van der Waals surface area contributed by atoms with Gasteiger partial charge in [0.15, 0.2) is 0 Å². The quantitative estimate of drug-likeness (QED) is 0.618. The van der Waals surface area contributed by atoms with E-state index in [9.17, 15) is 9.59 Å². The summed E-state index contributed by atoms with van der Waals surface area (Å²) < 4.78 is 4.71. The van der Waals surface area contributed by atoms with Crippen molar-refractivity contribution in [2.75, 3.05) is 18.6 Å². The molecule has 0 saturated carbocycles. The summed E-state index contributed by atoms with van der Waals surface area (Å²) in [4.78, 5) is 25.2. The molecular formula is C12H11BrClNO3. The maximum Gasteiger partial charge on any atom is 0.339 e. The van der Waals surface area contributed by atoms with Crippen LogP contribution in [0.4, 0.5) is 5.69 Å². The second-order valence-corrected chi connectivity index (χ2v) is 5.69. The van der Waals surface area contributed by atoms with Crippen molar-refractivity contribution < 1.29 is 14.3 Å². The molecule has 4 nitrogen and oxygen atoms in total. The SMILES string of the molecule is COC(=O)c1ccc(Cl)cc1N1CC(Br)CC1=O. The Bertz CT molecular complexity index is 506. The van der Waals surface area contributed by atoms with E-state index in [2.05, 4.69) is 15.9 Å². The minimum atomic E-state index is -0.479. The van der Waals surface area contributed by atoms with Crippen LogP contribution in [0, 0.1) is 0 Å². The van der Waals surface area contributed by atoms with Crippen molar-refractivity contribution in [1.82, 2.24) is 0 Å². The number of hydrogen-bond donors (Lipinski definition) is 0. The number of carbonyl (C=O) groups is 2. The van der Waals surface area contributed by atoms with E-state index in [1.54, 1.807) is 23.1 Å². The standard InChI is InChI=1S/C12H11BrClNO3/c1-18-12(17)9-3-2-8(14)5-10(9)15-6-7(13)4-11(15)16/h2-3,5,7H,4,6H2,1H3. The molecule has 0 bridgehead atoms. The fourth-order valence-electron chi connectivity index (χ4n) is 1.91. The van der Waals surface area contributed by atoms with Crippen molar-refractivity contribution >= 4 is 45.1 Å². The van der Waals surface area contributed by atoms with Crippen LogP contribution in [0.1, 0.15) is 16.8 Å². The number of benzene rings is 1. The van der Waals surface area contributed by atoms with E-state index in [1.807, 2.05) is 0 Å². The van der Waals surface area contributed by atoms with Crippen LogP contribution in [0.3, 0.4) is 0 Å². The average Bonchev–Trinajstić information content (AvgIpc) is 2.67. The van der Waals surface area contributed by atoms with E-state index >= 15 is 0 Å². The van der Waals surface area contributed by atoms with Crippen LogP contribution in [0.2, 0.25) is 5.02 Å². The topological polar surface area (TPSA) is 46.6 Å². The zero-order valence-corrected chi connectivity index (χ0v) is 12.0. The molecule has 1 atom stereocenters. The van der Waals surface area contributed by atoms with E-state index in [-0.39, 0.29) is 10.7 Å². The number of alkyl halides is 1. The Morgan fingerprint density at radius 2 is 2.28 bits per heavy atom. The molecule has 1 heterocycles. The highest BCUT2D eigenvalue weighted by atomic mass is 79.9. The van der Waals surface area contributed by atoms with Crippen LogP contribution in [-0.2, 0) is 9.53 Å². The van der Waals surface area contributed by atoms with Gasteiger partial charge in [-0.2, -0.15) is 0 Å². The van der Waals surface area contributed by atoms with Gasteiger partial charge in [0.25, 0.3) is 0 Å². The minimum Gasteiger partial charge on any atom is -0.465 e. The lowest BCUT2D eigenvalue weighted by Gasteiger charge is -2.19. The number of hydrogen-bond acceptors (Lipinski definition) is 3. The monoisotopic (exact) mass is 331 g/mol. The van der Waals surface area contributed by atoms with E-state index in [1.165, 1.54) is 7.11 Å². The second-order valence-electron chi connectivity index (χ2n) is 3.96. The fourth-order valence-corrected chi connectivity index (χ4v) is 2.64. The van der Waals surface area contributed by atoms with Crippen LogP contribution in [0.15, 0.2) is 18.2 Å². The fraction of sp³-hybridized carbons (Fsp3) is 0.333. The van der Waals surface area contributed by atoms with Crippen LogP contribution < -0.4 is 4.90 Å².